The number of hydrogen-bond acceptors (Lipinski definition) is 4. The first-order valence-electron chi connectivity index (χ1n) is 5.73. The number of nitrogens with zero attached hydrogens (tertiary/aromatic N) is 3. The van der Waals surface area contributed by atoms with Crippen LogP contribution in [-0.4, -0.2) is 22.6 Å². The number of halogens is 1. The molecule has 0 saturated carbocycles. The maximum atomic E-state index is 6.00. The van der Waals surface area contributed by atoms with Crippen molar-refractivity contribution in [3.8, 4) is 0 Å². The molecule has 0 aromatic carbocycles. The van der Waals surface area contributed by atoms with Crippen LogP contribution in [0.1, 0.15) is 25.6 Å². The summed E-state index contributed by atoms with van der Waals surface area (Å²) in [5.41, 5.74) is 0. The zero-order chi connectivity index (χ0) is 12.6. The van der Waals surface area contributed by atoms with E-state index in [4.69, 9.17) is 11.6 Å². The maximum absolute atomic E-state index is 6.00. The van der Waals surface area contributed by atoms with Gasteiger partial charge in [-0.15, -0.1) is 11.3 Å². The highest BCUT2D eigenvalue weighted by Crippen LogP contribution is 2.32. The first-order valence-corrected chi connectivity index (χ1v) is 6.92. The van der Waals surface area contributed by atoms with Crippen molar-refractivity contribution in [1.82, 2.24) is 9.97 Å². The van der Waals surface area contributed by atoms with E-state index < -0.39 is 0 Å². The van der Waals surface area contributed by atoms with E-state index in [0.29, 0.717) is 11.3 Å². The van der Waals surface area contributed by atoms with E-state index in [0.717, 1.165) is 22.6 Å². The minimum atomic E-state index is 0.327. The first kappa shape index (κ1) is 12.6. The van der Waals surface area contributed by atoms with Crippen molar-refractivity contribution >= 4 is 39.0 Å². The second-order valence-electron chi connectivity index (χ2n) is 4.27. The van der Waals surface area contributed by atoms with Gasteiger partial charge in [-0.05, 0) is 45.4 Å². The monoisotopic (exact) mass is 269 g/mol. The third-order valence-corrected chi connectivity index (χ3v) is 3.82. The maximum Gasteiger partial charge on any atom is 0.225 e. The fourth-order valence-electron chi connectivity index (χ4n) is 1.98. The van der Waals surface area contributed by atoms with E-state index in [1.807, 2.05) is 0 Å². The van der Waals surface area contributed by atoms with Crippen LogP contribution in [0.3, 0.4) is 0 Å². The summed E-state index contributed by atoms with van der Waals surface area (Å²) in [6.07, 6.45) is 0. The molecule has 0 saturated heterocycles. The van der Waals surface area contributed by atoms with Crippen LogP contribution in [0.15, 0.2) is 6.07 Å². The minimum absolute atomic E-state index is 0.327. The summed E-state index contributed by atoms with van der Waals surface area (Å²) in [7, 11) is 0. The number of rotatable bonds is 3. The standard InChI is InChI=1S/C12H16ClN3S/c1-5-16(7(2)3)10-9-6-8(4)17-11(9)15-12(13)14-10/h6-7H,5H2,1-4H3. The summed E-state index contributed by atoms with van der Waals surface area (Å²) in [5, 5.41) is 1.43. The van der Waals surface area contributed by atoms with E-state index in [2.05, 4.69) is 48.6 Å². The van der Waals surface area contributed by atoms with Crippen LogP contribution in [0.25, 0.3) is 10.2 Å². The quantitative estimate of drug-likeness (QED) is 0.792. The van der Waals surface area contributed by atoms with E-state index in [9.17, 15) is 0 Å². The Bertz CT molecular complexity index is 536. The van der Waals surface area contributed by atoms with Gasteiger partial charge < -0.3 is 4.90 Å². The van der Waals surface area contributed by atoms with Crippen molar-refractivity contribution in [2.45, 2.75) is 33.7 Å². The van der Waals surface area contributed by atoms with Crippen molar-refractivity contribution in [3.05, 3.63) is 16.2 Å². The topological polar surface area (TPSA) is 29.0 Å². The predicted molar refractivity (Wildman–Crippen MR) is 75.3 cm³/mol. The van der Waals surface area contributed by atoms with Gasteiger partial charge in [0, 0.05) is 17.5 Å². The molecule has 0 spiro atoms. The fraction of sp³-hybridized carbons (Fsp3) is 0.500. The van der Waals surface area contributed by atoms with Crippen LogP contribution in [-0.2, 0) is 0 Å². The van der Waals surface area contributed by atoms with Gasteiger partial charge in [0.25, 0.3) is 0 Å². The number of aryl methyl sites for hydroxylation is 1. The number of thiophene rings is 1. The van der Waals surface area contributed by atoms with E-state index >= 15 is 0 Å². The van der Waals surface area contributed by atoms with Gasteiger partial charge in [0.1, 0.15) is 10.6 Å². The van der Waals surface area contributed by atoms with Crippen LogP contribution in [0.4, 0.5) is 5.82 Å². The lowest BCUT2D eigenvalue weighted by Gasteiger charge is -2.26. The molecule has 0 N–H and O–H groups in total. The molecule has 0 unspecified atom stereocenters. The highest BCUT2D eigenvalue weighted by molar-refractivity contribution is 7.18. The van der Waals surface area contributed by atoms with E-state index in [-0.39, 0.29) is 0 Å². The Labute approximate surface area is 110 Å². The van der Waals surface area contributed by atoms with Gasteiger partial charge in [-0.3, -0.25) is 0 Å². The van der Waals surface area contributed by atoms with Crippen LogP contribution in [0, 0.1) is 6.92 Å². The number of hydrogen-bond donors (Lipinski definition) is 0. The molecule has 0 bridgehead atoms. The zero-order valence-corrected chi connectivity index (χ0v) is 12.1. The first-order chi connectivity index (χ1) is 8.02. The fourth-order valence-corrected chi connectivity index (χ4v) is 3.07. The lowest BCUT2D eigenvalue weighted by atomic mass is 10.2. The molecule has 3 nitrogen and oxygen atoms in total. The van der Waals surface area contributed by atoms with Crippen LogP contribution in [0.5, 0.6) is 0 Å². The average Bonchev–Trinajstić information content (AvgIpc) is 2.58. The molecule has 2 aromatic rings. The number of fused-ring (bicyclic) bond motifs is 1. The summed E-state index contributed by atoms with van der Waals surface area (Å²) in [6, 6.07) is 2.53. The Balaban J connectivity index is 2.65. The molecular formula is C12H16ClN3S. The molecule has 17 heavy (non-hydrogen) atoms. The summed E-state index contributed by atoms with van der Waals surface area (Å²) in [4.78, 5) is 13.1. The molecule has 0 atom stereocenters. The van der Waals surface area contributed by atoms with Crippen molar-refractivity contribution in [2.24, 2.45) is 0 Å². The summed E-state index contributed by atoms with van der Waals surface area (Å²) >= 11 is 7.65. The number of anilines is 1. The van der Waals surface area contributed by atoms with Crippen molar-refractivity contribution < 1.29 is 0 Å². The van der Waals surface area contributed by atoms with Crippen molar-refractivity contribution in [1.29, 1.82) is 0 Å². The Hall–Kier alpha value is -0.870. The summed E-state index contributed by atoms with van der Waals surface area (Å²) in [6.45, 7) is 9.43. The Morgan fingerprint density at radius 1 is 1.41 bits per heavy atom. The Morgan fingerprint density at radius 2 is 2.12 bits per heavy atom. The third kappa shape index (κ3) is 2.38. The lowest BCUT2D eigenvalue weighted by Crippen LogP contribution is -2.31. The molecule has 2 heterocycles. The third-order valence-electron chi connectivity index (χ3n) is 2.70. The smallest absolute Gasteiger partial charge is 0.225 e. The van der Waals surface area contributed by atoms with Crippen LogP contribution < -0.4 is 4.90 Å². The average molecular weight is 270 g/mol. The van der Waals surface area contributed by atoms with Gasteiger partial charge in [-0.2, -0.15) is 4.98 Å². The molecule has 0 fully saturated rings. The van der Waals surface area contributed by atoms with E-state index in [1.165, 1.54) is 4.88 Å². The van der Waals surface area contributed by atoms with Crippen molar-refractivity contribution in [2.75, 3.05) is 11.4 Å². The van der Waals surface area contributed by atoms with Gasteiger partial charge in [0.15, 0.2) is 0 Å². The van der Waals surface area contributed by atoms with Crippen molar-refractivity contribution in [3.63, 3.8) is 0 Å². The van der Waals surface area contributed by atoms with Crippen LogP contribution >= 0.6 is 22.9 Å². The molecule has 0 radical (unpaired) electrons. The zero-order valence-electron chi connectivity index (χ0n) is 10.5. The van der Waals surface area contributed by atoms with Gasteiger partial charge in [0.2, 0.25) is 5.28 Å². The molecule has 2 rings (SSSR count). The number of aromatic nitrogens is 2. The largest absolute Gasteiger partial charge is 0.354 e. The van der Waals surface area contributed by atoms with Gasteiger partial charge >= 0.3 is 0 Å². The molecular weight excluding hydrogens is 254 g/mol. The molecule has 5 heteroatoms. The highest BCUT2D eigenvalue weighted by Gasteiger charge is 2.16. The molecule has 2 aromatic heterocycles. The molecule has 0 aliphatic carbocycles. The predicted octanol–water partition coefficient (Wildman–Crippen LogP) is 3.89. The lowest BCUT2D eigenvalue weighted by molar-refractivity contribution is 0.696. The van der Waals surface area contributed by atoms with Gasteiger partial charge in [0.05, 0.1) is 5.39 Å². The van der Waals surface area contributed by atoms with Gasteiger partial charge in [-0.25, -0.2) is 4.98 Å². The normalized spacial score (nSPS) is 11.4. The van der Waals surface area contributed by atoms with Crippen LogP contribution in [0.2, 0.25) is 5.28 Å². The minimum Gasteiger partial charge on any atom is -0.354 e. The molecule has 0 aliphatic rings. The Kier molecular flexibility index (Phi) is 3.54. The molecule has 0 amide bonds. The second kappa shape index (κ2) is 4.78. The summed E-state index contributed by atoms with van der Waals surface area (Å²) in [5.74, 6) is 0.946. The van der Waals surface area contributed by atoms with Gasteiger partial charge in [-0.1, -0.05) is 0 Å². The SMILES string of the molecule is CCN(c1nc(Cl)nc2sc(C)cc12)C(C)C. The molecule has 0 aliphatic heterocycles. The Morgan fingerprint density at radius 3 is 2.71 bits per heavy atom. The second-order valence-corrected chi connectivity index (χ2v) is 5.84. The van der Waals surface area contributed by atoms with E-state index in [1.54, 1.807) is 11.3 Å². The molecule has 92 valence electrons. The highest BCUT2D eigenvalue weighted by atomic mass is 35.5. The summed E-state index contributed by atoms with van der Waals surface area (Å²) < 4.78 is 0.